The fourth-order valence-corrected chi connectivity index (χ4v) is 1.28. The number of benzene rings is 1. The van der Waals surface area contributed by atoms with Crippen LogP contribution in [0.1, 0.15) is 10.4 Å². The van der Waals surface area contributed by atoms with Gasteiger partial charge in [0.05, 0.1) is 5.52 Å². The minimum atomic E-state index is -0.518. The number of hydrogen-bond acceptors (Lipinski definition) is 3. The molecule has 0 saturated heterocycles. The first-order chi connectivity index (χ1) is 6.81. The Balaban J connectivity index is 2.56. The number of carbonyl (C=O) groups is 1. The van der Waals surface area contributed by atoms with Gasteiger partial charge in [-0.1, -0.05) is 6.07 Å². The van der Waals surface area contributed by atoms with Crippen LogP contribution in [0, 0.1) is 0 Å². The summed E-state index contributed by atoms with van der Waals surface area (Å²) < 4.78 is 0. The van der Waals surface area contributed by atoms with Gasteiger partial charge < -0.3 is 0 Å². The lowest BCUT2D eigenvalue weighted by molar-refractivity contribution is 0.0706. The molecule has 0 spiro atoms. The van der Waals surface area contributed by atoms with E-state index in [1.54, 1.807) is 35.9 Å². The maximum Gasteiger partial charge on any atom is 0.274 e. The Labute approximate surface area is 80.2 Å². The molecule has 0 fully saturated rings. The van der Waals surface area contributed by atoms with E-state index in [4.69, 9.17) is 5.21 Å². The first-order valence-corrected chi connectivity index (χ1v) is 4.10. The Morgan fingerprint density at radius 3 is 3.00 bits per heavy atom. The van der Waals surface area contributed by atoms with E-state index >= 15 is 0 Å². The van der Waals surface area contributed by atoms with Crippen LogP contribution in [0.3, 0.4) is 0 Å². The minimum absolute atomic E-state index is 0.410. The Bertz CT molecular complexity index is 482. The van der Waals surface area contributed by atoms with Crippen molar-refractivity contribution >= 4 is 16.8 Å². The zero-order chi connectivity index (χ0) is 9.97. The molecule has 2 rings (SSSR count). The summed E-state index contributed by atoms with van der Waals surface area (Å²) in [4.78, 5) is 15.2. The summed E-state index contributed by atoms with van der Waals surface area (Å²) in [5.41, 5.74) is 2.82. The van der Waals surface area contributed by atoms with Gasteiger partial charge >= 0.3 is 0 Å². The van der Waals surface area contributed by atoms with Crippen LogP contribution in [-0.2, 0) is 0 Å². The van der Waals surface area contributed by atoms with Gasteiger partial charge in [0.2, 0.25) is 0 Å². The largest absolute Gasteiger partial charge is 0.288 e. The number of fused-ring (bicyclic) bond motifs is 1. The number of carbonyl (C=O) groups excluding carboxylic acids is 1. The van der Waals surface area contributed by atoms with Crippen LogP contribution in [0.15, 0.2) is 36.5 Å². The van der Waals surface area contributed by atoms with Gasteiger partial charge in [-0.2, -0.15) is 0 Å². The summed E-state index contributed by atoms with van der Waals surface area (Å²) in [7, 11) is 0. The normalized spacial score (nSPS) is 10.1. The smallest absolute Gasteiger partial charge is 0.274 e. The fraction of sp³-hybridized carbons (Fsp3) is 0. The Hall–Kier alpha value is -1.94. The van der Waals surface area contributed by atoms with E-state index in [1.807, 2.05) is 6.07 Å². The van der Waals surface area contributed by atoms with E-state index in [-0.39, 0.29) is 0 Å². The summed E-state index contributed by atoms with van der Waals surface area (Å²) in [6.07, 6.45) is 1.69. The van der Waals surface area contributed by atoms with E-state index in [0.717, 1.165) is 10.9 Å². The molecule has 2 N–H and O–H groups in total. The van der Waals surface area contributed by atoms with Crippen molar-refractivity contribution in [1.82, 2.24) is 10.5 Å². The lowest BCUT2D eigenvalue weighted by Crippen LogP contribution is -2.18. The van der Waals surface area contributed by atoms with E-state index in [0.29, 0.717) is 5.56 Å². The quantitative estimate of drug-likeness (QED) is 0.524. The maximum atomic E-state index is 11.1. The van der Waals surface area contributed by atoms with Gasteiger partial charge in [-0.25, -0.2) is 5.48 Å². The molecule has 70 valence electrons. The standard InChI is InChI=1S/C10H8N2O2/c13-10(12-14)8-3-4-9-7(6-8)2-1-5-11-9/h1-6,14H,(H,12,13). The number of nitrogens with zero attached hydrogens (tertiary/aromatic N) is 1. The highest BCUT2D eigenvalue weighted by molar-refractivity contribution is 5.97. The second kappa shape index (κ2) is 3.43. The van der Waals surface area contributed by atoms with Crippen molar-refractivity contribution in [2.24, 2.45) is 0 Å². The number of pyridine rings is 1. The lowest BCUT2D eigenvalue weighted by atomic mass is 10.1. The molecule has 0 aliphatic rings. The number of aromatic nitrogens is 1. The van der Waals surface area contributed by atoms with Crippen LogP contribution >= 0.6 is 0 Å². The topological polar surface area (TPSA) is 62.2 Å². The lowest BCUT2D eigenvalue weighted by Gasteiger charge is -2.00. The van der Waals surface area contributed by atoms with Gasteiger partial charge in [-0.15, -0.1) is 0 Å². The fourth-order valence-electron chi connectivity index (χ4n) is 1.28. The van der Waals surface area contributed by atoms with E-state index in [2.05, 4.69) is 4.98 Å². The summed E-state index contributed by atoms with van der Waals surface area (Å²) in [6.45, 7) is 0. The molecular formula is C10H8N2O2. The summed E-state index contributed by atoms with van der Waals surface area (Å²) in [5.74, 6) is -0.518. The summed E-state index contributed by atoms with van der Waals surface area (Å²) >= 11 is 0. The average molecular weight is 188 g/mol. The van der Waals surface area contributed by atoms with Crippen molar-refractivity contribution in [3.63, 3.8) is 0 Å². The highest BCUT2D eigenvalue weighted by Gasteiger charge is 2.04. The van der Waals surface area contributed by atoms with Crippen LogP contribution in [0.4, 0.5) is 0 Å². The van der Waals surface area contributed by atoms with Crippen LogP contribution in [-0.4, -0.2) is 16.1 Å². The van der Waals surface area contributed by atoms with Crippen molar-refractivity contribution in [1.29, 1.82) is 0 Å². The molecule has 0 aliphatic carbocycles. The monoisotopic (exact) mass is 188 g/mol. The third-order valence-electron chi connectivity index (χ3n) is 1.97. The van der Waals surface area contributed by atoms with E-state index < -0.39 is 5.91 Å². The molecule has 4 heteroatoms. The molecule has 2 aromatic rings. The summed E-state index contributed by atoms with van der Waals surface area (Å²) in [6, 6.07) is 8.67. The molecular weight excluding hydrogens is 180 g/mol. The third kappa shape index (κ3) is 1.43. The molecule has 0 bridgehead atoms. The highest BCUT2D eigenvalue weighted by atomic mass is 16.5. The van der Waals surface area contributed by atoms with Gasteiger partial charge in [-0.05, 0) is 24.3 Å². The van der Waals surface area contributed by atoms with Crippen LogP contribution in [0.5, 0.6) is 0 Å². The molecule has 0 saturated carbocycles. The van der Waals surface area contributed by atoms with Gasteiger partial charge in [0, 0.05) is 17.1 Å². The molecule has 1 amide bonds. The molecule has 0 atom stereocenters. The van der Waals surface area contributed by atoms with Gasteiger partial charge in [0.15, 0.2) is 0 Å². The zero-order valence-corrected chi connectivity index (χ0v) is 7.27. The van der Waals surface area contributed by atoms with E-state index in [1.165, 1.54) is 0 Å². The molecule has 4 nitrogen and oxygen atoms in total. The Morgan fingerprint density at radius 2 is 2.21 bits per heavy atom. The highest BCUT2D eigenvalue weighted by Crippen LogP contribution is 2.12. The van der Waals surface area contributed by atoms with Crippen LogP contribution in [0.2, 0.25) is 0 Å². The summed E-state index contributed by atoms with van der Waals surface area (Å²) in [5, 5.41) is 9.31. The van der Waals surface area contributed by atoms with Crippen LogP contribution < -0.4 is 5.48 Å². The predicted octanol–water partition coefficient (Wildman–Crippen LogP) is 1.35. The minimum Gasteiger partial charge on any atom is -0.288 e. The third-order valence-corrected chi connectivity index (χ3v) is 1.97. The van der Waals surface area contributed by atoms with Crippen molar-refractivity contribution < 1.29 is 10.0 Å². The molecule has 14 heavy (non-hydrogen) atoms. The van der Waals surface area contributed by atoms with Gasteiger partial charge in [0.1, 0.15) is 0 Å². The first kappa shape index (κ1) is 8.65. The number of nitrogens with one attached hydrogen (secondary N) is 1. The molecule has 1 heterocycles. The number of amides is 1. The Morgan fingerprint density at radius 1 is 1.36 bits per heavy atom. The molecule has 0 radical (unpaired) electrons. The molecule has 1 aromatic carbocycles. The van der Waals surface area contributed by atoms with E-state index in [9.17, 15) is 4.79 Å². The number of hydrogen-bond donors (Lipinski definition) is 2. The van der Waals surface area contributed by atoms with Gasteiger partial charge in [-0.3, -0.25) is 15.0 Å². The average Bonchev–Trinajstić information content (AvgIpc) is 2.27. The van der Waals surface area contributed by atoms with Crippen molar-refractivity contribution in [2.75, 3.05) is 0 Å². The van der Waals surface area contributed by atoms with Crippen LogP contribution in [0.25, 0.3) is 10.9 Å². The molecule has 1 aromatic heterocycles. The second-order valence-electron chi connectivity index (χ2n) is 2.85. The number of rotatable bonds is 1. The van der Waals surface area contributed by atoms with Gasteiger partial charge in [0.25, 0.3) is 5.91 Å². The predicted molar refractivity (Wildman–Crippen MR) is 51.0 cm³/mol. The molecule has 0 unspecified atom stereocenters. The number of hydroxylamine groups is 1. The Kier molecular flexibility index (Phi) is 2.12. The first-order valence-electron chi connectivity index (χ1n) is 4.10. The maximum absolute atomic E-state index is 11.1. The van der Waals surface area contributed by atoms with Crippen molar-refractivity contribution in [3.05, 3.63) is 42.1 Å². The molecule has 0 aliphatic heterocycles. The van der Waals surface area contributed by atoms with Crippen molar-refractivity contribution in [2.45, 2.75) is 0 Å². The second-order valence-corrected chi connectivity index (χ2v) is 2.85. The van der Waals surface area contributed by atoms with Crippen molar-refractivity contribution in [3.8, 4) is 0 Å². The zero-order valence-electron chi connectivity index (χ0n) is 7.27. The SMILES string of the molecule is O=C(NO)c1ccc2ncccc2c1.